The molecule has 1 heterocycles. The highest BCUT2D eigenvalue weighted by molar-refractivity contribution is 6.16. The van der Waals surface area contributed by atoms with E-state index in [1.807, 2.05) is 20.8 Å². The summed E-state index contributed by atoms with van der Waals surface area (Å²) in [5.74, 6) is 0.242. The lowest BCUT2D eigenvalue weighted by Crippen LogP contribution is -2.25. The normalized spacial score (nSPS) is 11.7. The summed E-state index contributed by atoms with van der Waals surface area (Å²) in [7, 11) is 0. The molecule has 0 N–H and O–H groups in total. The maximum absolute atomic E-state index is 13.3. The molecule has 0 aliphatic rings. The molecule has 1 aromatic carbocycles. The van der Waals surface area contributed by atoms with Gasteiger partial charge in [0.05, 0.1) is 22.4 Å². The first-order valence-electron chi connectivity index (χ1n) is 6.20. The summed E-state index contributed by atoms with van der Waals surface area (Å²) in [5.41, 5.74) is -0.570. The lowest BCUT2D eigenvalue weighted by atomic mass is 10.1. The third-order valence-corrected chi connectivity index (χ3v) is 3.16. The summed E-state index contributed by atoms with van der Waals surface area (Å²) >= 11 is 5.85. The fraction of sp³-hybridized carbons (Fsp3) is 0.385. The predicted octanol–water partition coefficient (Wildman–Crippen LogP) is 3.49. The summed E-state index contributed by atoms with van der Waals surface area (Å²) < 4.78 is 15.0. The van der Waals surface area contributed by atoms with E-state index in [-0.39, 0.29) is 17.1 Å². The van der Waals surface area contributed by atoms with Gasteiger partial charge in [-0.25, -0.2) is 4.39 Å². The Morgan fingerprint density at radius 3 is 2.57 bits per heavy atom. The van der Waals surface area contributed by atoms with Crippen LogP contribution in [0.2, 0.25) is 0 Å². The van der Waals surface area contributed by atoms with Gasteiger partial charge < -0.3 is 4.57 Å². The molecule has 21 heavy (non-hydrogen) atoms. The van der Waals surface area contributed by atoms with Gasteiger partial charge in [0.2, 0.25) is 0 Å². The lowest BCUT2D eigenvalue weighted by Gasteiger charge is -2.24. The Morgan fingerprint density at radius 1 is 1.38 bits per heavy atom. The molecule has 0 amide bonds. The number of nitro benzene ring substituents is 1. The van der Waals surface area contributed by atoms with Crippen LogP contribution in [0.25, 0.3) is 11.4 Å². The minimum absolute atomic E-state index is 0.124. The fourth-order valence-electron chi connectivity index (χ4n) is 2.13. The molecular formula is C13H14ClFN4O2. The number of nitrogens with zero attached hydrogens (tertiary/aromatic N) is 4. The van der Waals surface area contributed by atoms with Crippen LogP contribution in [0.1, 0.15) is 26.6 Å². The molecule has 0 aliphatic heterocycles. The number of halogens is 2. The molecular weight excluding hydrogens is 299 g/mol. The van der Waals surface area contributed by atoms with E-state index < -0.39 is 16.3 Å². The first-order chi connectivity index (χ1) is 9.75. The Morgan fingerprint density at radius 2 is 2.05 bits per heavy atom. The van der Waals surface area contributed by atoms with Gasteiger partial charge in [0.1, 0.15) is 11.6 Å². The van der Waals surface area contributed by atoms with E-state index in [1.54, 1.807) is 4.57 Å². The standard InChI is InChI=1S/C13H14ClFN4O2/c1-13(2,3)18-11(7-14)16-17-12(18)9-5-4-8(15)6-10(9)19(20)21/h4-6H,7H2,1-3H3. The first-order valence-corrected chi connectivity index (χ1v) is 6.74. The van der Waals surface area contributed by atoms with Gasteiger partial charge in [0, 0.05) is 5.54 Å². The zero-order valence-corrected chi connectivity index (χ0v) is 12.6. The van der Waals surface area contributed by atoms with Gasteiger partial charge in [-0.15, -0.1) is 21.8 Å². The van der Waals surface area contributed by atoms with Crippen LogP contribution in [0, 0.1) is 15.9 Å². The molecule has 6 nitrogen and oxygen atoms in total. The van der Waals surface area contributed by atoms with Gasteiger partial charge in [-0.1, -0.05) is 0 Å². The Balaban J connectivity index is 2.74. The molecule has 2 aromatic rings. The van der Waals surface area contributed by atoms with Crippen LogP contribution in [0.3, 0.4) is 0 Å². The zero-order valence-electron chi connectivity index (χ0n) is 11.8. The summed E-state index contributed by atoms with van der Waals surface area (Å²) in [6.07, 6.45) is 0. The molecule has 0 spiro atoms. The van der Waals surface area contributed by atoms with E-state index in [0.29, 0.717) is 11.6 Å². The third kappa shape index (κ3) is 2.87. The highest BCUT2D eigenvalue weighted by Gasteiger charge is 2.28. The van der Waals surface area contributed by atoms with Crippen molar-refractivity contribution in [3.8, 4) is 11.4 Å². The van der Waals surface area contributed by atoms with Crippen LogP contribution in [0.15, 0.2) is 18.2 Å². The largest absolute Gasteiger partial charge is 0.304 e. The van der Waals surface area contributed by atoms with Gasteiger partial charge >= 0.3 is 0 Å². The Kier molecular flexibility index (Phi) is 3.95. The van der Waals surface area contributed by atoms with Crippen LogP contribution in [-0.4, -0.2) is 19.7 Å². The van der Waals surface area contributed by atoms with E-state index in [1.165, 1.54) is 6.07 Å². The van der Waals surface area contributed by atoms with Gasteiger partial charge in [-0.3, -0.25) is 10.1 Å². The average molecular weight is 313 g/mol. The smallest absolute Gasteiger partial charge is 0.283 e. The summed E-state index contributed by atoms with van der Waals surface area (Å²) in [4.78, 5) is 10.5. The molecule has 0 atom stereocenters. The van der Waals surface area contributed by atoms with E-state index in [0.717, 1.165) is 12.1 Å². The van der Waals surface area contributed by atoms with Crippen molar-refractivity contribution in [3.05, 3.63) is 40.0 Å². The monoisotopic (exact) mass is 312 g/mol. The number of alkyl halides is 1. The van der Waals surface area contributed by atoms with Crippen molar-refractivity contribution in [3.63, 3.8) is 0 Å². The van der Waals surface area contributed by atoms with Crippen LogP contribution in [0.5, 0.6) is 0 Å². The van der Waals surface area contributed by atoms with Gasteiger partial charge in [0.15, 0.2) is 5.82 Å². The number of hydrogen-bond donors (Lipinski definition) is 0. The van der Waals surface area contributed by atoms with Gasteiger partial charge in [-0.05, 0) is 32.9 Å². The molecule has 0 fully saturated rings. The minimum Gasteiger partial charge on any atom is -0.304 e. The number of aromatic nitrogens is 3. The van der Waals surface area contributed by atoms with Crippen molar-refractivity contribution in [2.45, 2.75) is 32.2 Å². The Hall–Kier alpha value is -2.02. The van der Waals surface area contributed by atoms with E-state index in [4.69, 9.17) is 11.6 Å². The number of benzene rings is 1. The maximum atomic E-state index is 13.3. The highest BCUT2D eigenvalue weighted by atomic mass is 35.5. The summed E-state index contributed by atoms with van der Waals surface area (Å²) in [6.45, 7) is 5.72. The van der Waals surface area contributed by atoms with E-state index in [9.17, 15) is 14.5 Å². The van der Waals surface area contributed by atoms with Crippen molar-refractivity contribution in [2.75, 3.05) is 0 Å². The summed E-state index contributed by atoms with van der Waals surface area (Å²) in [6, 6.07) is 3.36. The molecule has 0 unspecified atom stereocenters. The van der Waals surface area contributed by atoms with Crippen LogP contribution < -0.4 is 0 Å². The molecule has 0 saturated carbocycles. The topological polar surface area (TPSA) is 73.8 Å². The number of rotatable bonds is 3. The minimum atomic E-state index is -0.676. The van der Waals surface area contributed by atoms with Crippen LogP contribution >= 0.6 is 11.6 Å². The molecule has 0 aliphatic carbocycles. The van der Waals surface area contributed by atoms with Crippen molar-refractivity contribution in [2.24, 2.45) is 0 Å². The lowest BCUT2D eigenvalue weighted by molar-refractivity contribution is -0.384. The zero-order chi connectivity index (χ0) is 15.8. The average Bonchev–Trinajstić information content (AvgIpc) is 2.82. The molecule has 0 bridgehead atoms. The summed E-state index contributed by atoms with van der Waals surface area (Å²) in [5, 5.41) is 19.1. The molecule has 0 radical (unpaired) electrons. The molecule has 2 rings (SSSR count). The van der Waals surface area contributed by atoms with Crippen molar-refractivity contribution < 1.29 is 9.31 Å². The molecule has 8 heteroatoms. The SMILES string of the molecule is CC(C)(C)n1c(CCl)nnc1-c1ccc(F)cc1[N+](=O)[O-]. The molecule has 0 saturated heterocycles. The second-order valence-electron chi connectivity index (χ2n) is 5.50. The van der Waals surface area contributed by atoms with Crippen LogP contribution in [-0.2, 0) is 11.4 Å². The molecule has 112 valence electrons. The predicted molar refractivity (Wildman–Crippen MR) is 76.6 cm³/mol. The Labute approximate surface area is 125 Å². The fourth-order valence-corrected chi connectivity index (χ4v) is 2.30. The highest BCUT2D eigenvalue weighted by Crippen LogP contribution is 2.33. The van der Waals surface area contributed by atoms with E-state index in [2.05, 4.69) is 10.2 Å². The van der Waals surface area contributed by atoms with Crippen molar-refractivity contribution >= 4 is 17.3 Å². The van der Waals surface area contributed by atoms with Crippen molar-refractivity contribution in [1.29, 1.82) is 0 Å². The quantitative estimate of drug-likeness (QED) is 0.494. The van der Waals surface area contributed by atoms with Gasteiger partial charge in [-0.2, -0.15) is 0 Å². The second-order valence-corrected chi connectivity index (χ2v) is 5.77. The molecule has 1 aromatic heterocycles. The first kappa shape index (κ1) is 15.4. The number of hydrogen-bond acceptors (Lipinski definition) is 4. The van der Waals surface area contributed by atoms with Crippen LogP contribution in [0.4, 0.5) is 10.1 Å². The van der Waals surface area contributed by atoms with Gasteiger partial charge in [0.25, 0.3) is 5.69 Å². The second kappa shape index (κ2) is 5.40. The maximum Gasteiger partial charge on any atom is 0.283 e. The van der Waals surface area contributed by atoms with Crippen molar-refractivity contribution in [1.82, 2.24) is 14.8 Å². The third-order valence-electron chi connectivity index (χ3n) is 2.92. The van der Waals surface area contributed by atoms with E-state index >= 15 is 0 Å². The number of nitro groups is 1. The Bertz CT molecular complexity index is 694.